The van der Waals surface area contributed by atoms with E-state index in [1.165, 1.54) is 9.80 Å². The molecule has 0 radical (unpaired) electrons. The van der Waals surface area contributed by atoms with Crippen LogP contribution in [0.4, 0.5) is 5.69 Å². The fraction of sp³-hybridized carbons (Fsp3) is 0.474. The third-order valence-corrected chi connectivity index (χ3v) is 11.4. The molecule has 0 saturated carbocycles. The highest BCUT2D eigenvalue weighted by molar-refractivity contribution is 9.09. The predicted molar refractivity (Wildman–Crippen MR) is 195 cm³/mol. The lowest BCUT2D eigenvalue weighted by atomic mass is 9.70. The number of amides is 3. The van der Waals surface area contributed by atoms with E-state index < -0.39 is 59.5 Å². The number of anilines is 1. The Bertz CT molecular complexity index is 1580. The maximum Gasteiger partial charge on any atom is 0.313 e. The third kappa shape index (κ3) is 7.15. The van der Waals surface area contributed by atoms with E-state index in [1.807, 2.05) is 32.0 Å². The van der Waals surface area contributed by atoms with Crippen LogP contribution in [0.15, 0.2) is 79.9 Å². The Balaban J connectivity index is 1.53. The first-order chi connectivity index (χ1) is 24.0. The van der Waals surface area contributed by atoms with E-state index in [9.17, 15) is 24.3 Å². The number of aliphatic hydroxyl groups is 1. The predicted octanol–water partition coefficient (Wildman–Crippen LogP) is 5.38. The van der Waals surface area contributed by atoms with Gasteiger partial charge in [0.15, 0.2) is 0 Å². The van der Waals surface area contributed by atoms with E-state index in [2.05, 4.69) is 34.4 Å². The number of ether oxygens (including phenoxy) is 2. The van der Waals surface area contributed by atoms with Crippen LogP contribution in [0.1, 0.15) is 51.2 Å². The highest BCUT2D eigenvalue weighted by atomic mass is 79.9. The summed E-state index contributed by atoms with van der Waals surface area (Å²) in [6, 6.07) is 14.0. The number of nitrogens with one attached hydrogen (secondary N) is 1. The number of fused-ring (bicyclic) bond motifs is 1. The number of halogens is 2. The first kappa shape index (κ1) is 37.7. The molecule has 2 bridgehead atoms. The van der Waals surface area contributed by atoms with E-state index in [0.29, 0.717) is 29.1 Å². The molecular formula is C38H45BrClN3O7. The van der Waals surface area contributed by atoms with Gasteiger partial charge in [-0.15, -0.1) is 13.2 Å². The normalized spacial score (nSPS) is 26.9. The van der Waals surface area contributed by atoms with Crippen molar-refractivity contribution in [3.8, 4) is 0 Å². The fourth-order valence-electron chi connectivity index (χ4n) is 7.65. The second kappa shape index (κ2) is 16.2. The van der Waals surface area contributed by atoms with Gasteiger partial charge in [-0.25, -0.2) is 0 Å². The maximum absolute atomic E-state index is 14.9. The molecule has 3 saturated heterocycles. The number of alkyl halides is 1. The number of hydrogen-bond acceptors (Lipinski definition) is 7. The zero-order chi connectivity index (χ0) is 36.2. The van der Waals surface area contributed by atoms with Gasteiger partial charge in [-0.05, 0) is 48.6 Å². The van der Waals surface area contributed by atoms with Crippen molar-refractivity contribution in [2.75, 3.05) is 24.6 Å². The van der Waals surface area contributed by atoms with Crippen LogP contribution in [0, 0.1) is 17.8 Å². The van der Waals surface area contributed by atoms with E-state index in [4.69, 9.17) is 21.1 Å². The molecule has 2 aromatic carbocycles. The minimum atomic E-state index is -1.38. The van der Waals surface area contributed by atoms with Crippen molar-refractivity contribution in [1.82, 2.24) is 10.2 Å². The molecule has 10 nitrogen and oxygen atoms in total. The number of carbonyl (C=O) groups excluding carboxylic acids is 4. The average Bonchev–Trinajstić information content (AvgIpc) is 3.72. The smallest absolute Gasteiger partial charge is 0.313 e. The van der Waals surface area contributed by atoms with E-state index >= 15 is 0 Å². The molecule has 0 aliphatic carbocycles. The summed E-state index contributed by atoms with van der Waals surface area (Å²) in [6.45, 7) is 11.2. The summed E-state index contributed by atoms with van der Waals surface area (Å²) >= 11 is 9.89. The number of benzene rings is 2. The molecule has 3 amide bonds. The van der Waals surface area contributed by atoms with Crippen molar-refractivity contribution in [2.45, 2.75) is 74.3 Å². The molecule has 2 aromatic rings. The number of allylic oxidation sites excluding steroid dienone is 1. The second-order valence-corrected chi connectivity index (χ2v) is 14.8. The van der Waals surface area contributed by atoms with Crippen LogP contribution in [-0.2, 0) is 28.7 Å². The summed E-state index contributed by atoms with van der Waals surface area (Å²) < 4.78 is 12.9. The summed E-state index contributed by atoms with van der Waals surface area (Å²) in [5.74, 6) is -3.99. The van der Waals surface area contributed by atoms with E-state index in [-0.39, 0.29) is 49.2 Å². The topological polar surface area (TPSA) is 125 Å². The molecule has 268 valence electrons. The van der Waals surface area contributed by atoms with E-state index in [0.717, 1.165) is 0 Å². The zero-order valence-electron chi connectivity index (χ0n) is 28.4. The number of carbonyl (C=O) groups is 4. The molecule has 2 N–H and O–H groups in total. The molecule has 9 atom stereocenters. The Morgan fingerprint density at radius 2 is 1.88 bits per heavy atom. The van der Waals surface area contributed by atoms with Gasteiger partial charge in [0.25, 0.3) is 5.91 Å². The van der Waals surface area contributed by atoms with Crippen LogP contribution in [0.2, 0.25) is 5.02 Å². The fourth-order valence-corrected chi connectivity index (χ4v) is 8.72. The summed E-state index contributed by atoms with van der Waals surface area (Å²) in [5.41, 5.74) is -0.160. The zero-order valence-corrected chi connectivity index (χ0v) is 30.7. The Morgan fingerprint density at radius 1 is 1.18 bits per heavy atom. The third-order valence-electron chi connectivity index (χ3n) is 10.3. The van der Waals surface area contributed by atoms with Gasteiger partial charge < -0.3 is 29.7 Å². The minimum absolute atomic E-state index is 0.0247. The van der Waals surface area contributed by atoms with Crippen LogP contribution >= 0.6 is 27.5 Å². The van der Waals surface area contributed by atoms with Crippen molar-refractivity contribution < 1.29 is 33.8 Å². The highest BCUT2D eigenvalue weighted by Crippen LogP contribution is 2.61. The Hall–Kier alpha value is -3.51. The van der Waals surface area contributed by atoms with Crippen LogP contribution < -0.4 is 10.2 Å². The Labute approximate surface area is 306 Å². The maximum atomic E-state index is 14.9. The molecule has 3 heterocycles. The first-order valence-electron chi connectivity index (χ1n) is 17.1. The lowest BCUT2D eigenvalue weighted by molar-refractivity contribution is -0.161. The number of hydrogen-bond donors (Lipinski definition) is 2. The SMILES string of the molecule is C=CCCC(=O)NC[C@H](OC(=O)[C@H]1[C@@H]2O[C@@]3(CC2Br)[C@@H]1C(=O)N([C@@H](CO)[C@@H](C)CC)[C@@H]3C(=O)N(CC=C)c1ccc(Cl)cc1)c1ccccc1. The molecule has 3 aliphatic rings. The Morgan fingerprint density at radius 3 is 2.50 bits per heavy atom. The molecule has 50 heavy (non-hydrogen) atoms. The molecule has 1 spiro atoms. The van der Waals surface area contributed by atoms with Gasteiger partial charge in [0, 0.05) is 28.5 Å². The summed E-state index contributed by atoms with van der Waals surface area (Å²) in [4.78, 5) is 59.2. The molecule has 3 fully saturated rings. The number of likely N-dealkylation sites (tertiary alicyclic amines) is 1. The summed E-state index contributed by atoms with van der Waals surface area (Å²) in [7, 11) is 0. The standard InChI is InChI=1S/C38H45BrClN3O7/c1-5-8-14-30(45)41-21-29(24-12-10-9-11-13-24)49-37(48)31-32-35(46)43(28(22-44)23(4)7-3)34(38(32)20-27(39)33(31)50-38)36(47)42(19-6-2)26-17-15-25(40)16-18-26/h5-6,9-13,15-18,23,27-29,31-34,44H,1-2,7-8,14,19-22H2,3-4H3,(H,41,45)/t23-,27?,28-,29-,31+,32-,33+,34+,38-/m0/s1. The van der Waals surface area contributed by atoms with Crippen LogP contribution in [0.5, 0.6) is 0 Å². The highest BCUT2D eigenvalue weighted by Gasteiger charge is 2.77. The van der Waals surface area contributed by atoms with Gasteiger partial charge in [-0.2, -0.15) is 0 Å². The lowest BCUT2D eigenvalue weighted by Gasteiger charge is -2.41. The Kier molecular flexibility index (Phi) is 12.2. The van der Waals surface area contributed by atoms with Crippen LogP contribution in [-0.4, -0.2) is 82.0 Å². The number of aliphatic hydroxyl groups excluding tert-OH is 1. The van der Waals surface area contributed by atoms with Crippen molar-refractivity contribution in [2.24, 2.45) is 17.8 Å². The van der Waals surface area contributed by atoms with Crippen molar-refractivity contribution in [1.29, 1.82) is 0 Å². The van der Waals surface area contributed by atoms with Gasteiger partial charge in [0.05, 0.1) is 37.1 Å². The average molecular weight is 771 g/mol. The minimum Gasteiger partial charge on any atom is -0.455 e. The second-order valence-electron chi connectivity index (χ2n) is 13.2. The molecule has 1 unspecified atom stereocenters. The number of nitrogens with zero attached hydrogens (tertiary/aromatic N) is 2. The van der Waals surface area contributed by atoms with Gasteiger partial charge in [-0.1, -0.05) is 90.3 Å². The summed E-state index contributed by atoms with van der Waals surface area (Å²) in [5, 5.41) is 14.1. The monoisotopic (exact) mass is 769 g/mol. The quantitative estimate of drug-likeness (QED) is 0.134. The number of rotatable bonds is 16. The first-order valence-corrected chi connectivity index (χ1v) is 18.4. The van der Waals surface area contributed by atoms with Gasteiger partial charge in [-0.3, -0.25) is 19.2 Å². The largest absolute Gasteiger partial charge is 0.455 e. The van der Waals surface area contributed by atoms with Crippen LogP contribution in [0.3, 0.4) is 0 Å². The molecule has 12 heteroatoms. The van der Waals surface area contributed by atoms with Crippen LogP contribution in [0.25, 0.3) is 0 Å². The van der Waals surface area contributed by atoms with Crippen molar-refractivity contribution >= 4 is 56.9 Å². The molecule has 0 aromatic heterocycles. The number of esters is 1. The van der Waals surface area contributed by atoms with Crippen molar-refractivity contribution in [3.63, 3.8) is 0 Å². The van der Waals surface area contributed by atoms with Gasteiger partial charge in [0.2, 0.25) is 11.8 Å². The van der Waals surface area contributed by atoms with Crippen molar-refractivity contribution in [3.05, 3.63) is 90.5 Å². The molecular weight excluding hydrogens is 726 g/mol. The van der Waals surface area contributed by atoms with Gasteiger partial charge in [0.1, 0.15) is 17.7 Å². The van der Waals surface area contributed by atoms with Gasteiger partial charge >= 0.3 is 5.97 Å². The molecule has 5 rings (SSSR count). The van der Waals surface area contributed by atoms with E-state index in [1.54, 1.807) is 48.6 Å². The molecule has 3 aliphatic heterocycles. The summed E-state index contributed by atoms with van der Waals surface area (Å²) in [6.07, 6.45) is 3.32. The lowest BCUT2D eigenvalue weighted by Crippen LogP contribution is -2.60.